The number of nitrogens with one attached hydrogen (secondary N) is 3. The lowest BCUT2D eigenvalue weighted by Gasteiger charge is -2.28. The van der Waals surface area contributed by atoms with Crippen molar-refractivity contribution in [2.24, 2.45) is 4.99 Å². The first-order valence-electron chi connectivity index (χ1n) is 8.16. The van der Waals surface area contributed by atoms with Crippen molar-refractivity contribution < 1.29 is 9.18 Å². The number of hydrogen-bond donors (Lipinski definition) is 3. The van der Waals surface area contributed by atoms with Crippen LogP contribution >= 0.6 is 35.6 Å². The maximum Gasteiger partial charge on any atom is 0.239 e. The van der Waals surface area contributed by atoms with Crippen molar-refractivity contribution in [3.63, 3.8) is 0 Å². The van der Waals surface area contributed by atoms with Gasteiger partial charge in [-0.15, -0.1) is 24.0 Å². The smallest absolute Gasteiger partial charge is 0.239 e. The molecule has 1 aromatic rings. The highest BCUT2D eigenvalue weighted by Gasteiger charge is 2.24. The summed E-state index contributed by atoms with van der Waals surface area (Å²) >= 11 is 6.16. The van der Waals surface area contributed by atoms with Gasteiger partial charge in [-0.1, -0.05) is 31.5 Å². The molecule has 0 aliphatic carbocycles. The van der Waals surface area contributed by atoms with Crippen LogP contribution in [0.15, 0.2) is 23.2 Å². The van der Waals surface area contributed by atoms with Crippen molar-refractivity contribution in [3.05, 3.63) is 34.6 Å². The molecule has 3 N–H and O–H groups in total. The highest BCUT2D eigenvalue weighted by molar-refractivity contribution is 14.0. The molecule has 0 aromatic heterocycles. The van der Waals surface area contributed by atoms with Crippen LogP contribution in [-0.2, 0) is 10.2 Å². The Hall–Kier alpha value is -1.09. The second kappa shape index (κ2) is 10.3. The number of guanidine groups is 1. The van der Waals surface area contributed by atoms with Gasteiger partial charge in [0.15, 0.2) is 5.96 Å². The first kappa shape index (κ1) is 24.9. The summed E-state index contributed by atoms with van der Waals surface area (Å²) in [6.07, 6.45) is 0. The molecule has 0 bridgehead atoms. The summed E-state index contributed by atoms with van der Waals surface area (Å²) in [4.78, 5) is 16.0. The molecule has 0 radical (unpaired) electrons. The molecule has 0 spiro atoms. The third kappa shape index (κ3) is 8.53. The van der Waals surface area contributed by atoms with E-state index in [2.05, 4.69) is 20.9 Å². The molecule has 1 rings (SSSR count). The molecular formula is C18H29ClFIN4O. The van der Waals surface area contributed by atoms with E-state index in [9.17, 15) is 9.18 Å². The van der Waals surface area contributed by atoms with Gasteiger partial charge in [0.2, 0.25) is 5.91 Å². The van der Waals surface area contributed by atoms with Crippen LogP contribution in [0.25, 0.3) is 0 Å². The Labute approximate surface area is 177 Å². The minimum Gasteiger partial charge on any atom is -0.356 e. The molecule has 0 fully saturated rings. The van der Waals surface area contributed by atoms with E-state index in [0.29, 0.717) is 17.5 Å². The van der Waals surface area contributed by atoms with Crippen molar-refractivity contribution in [3.8, 4) is 0 Å². The molecule has 148 valence electrons. The fourth-order valence-corrected chi connectivity index (χ4v) is 2.71. The molecule has 0 aliphatic heterocycles. The van der Waals surface area contributed by atoms with Crippen LogP contribution in [0.2, 0.25) is 5.02 Å². The van der Waals surface area contributed by atoms with E-state index in [1.807, 2.05) is 34.6 Å². The number of hydrogen-bond acceptors (Lipinski definition) is 2. The van der Waals surface area contributed by atoms with Gasteiger partial charge in [0, 0.05) is 29.6 Å². The molecule has 0 saturated carbocycles. The fourth-order valence-electron chi connectivity index (χ4n) is 2.29. The monoisotopic (exact) mass is 498 g/mol. The molecule has 0 heterocycles. The Morgan fingerprint density at radius 2 is 1.81 bits per heavy atom. The highest BCUT2D eigenvalue weighted by atomic mass is 127. The predicted octanol–water partition coefficient (Wildman–Crippen LogP) is 3.45. The quantitative estimate of drug-likeness (QED) is 0.331. The van der Waals surface area contributed by atoms with Gasteiger partial charge in [0.05, 0.1) is 6.54 Å². The molecule has 0 unspecified atom stereocenters. The topological polar surface area (TPSA) is 65.5 Å². The zero-order chi connectivity index (χ0) is 19.3. The maximum absolute atomic E-state index is 13.2. The van der Waals surface area contributed by atoms with E-state index in [1.165, 1.54) is 12.1 Å². The van der Waals surface area contributed by atoms with Crippen LogP contribution in [0.5, 0.6) is 0 Å². The largest absolute Gasteiger partial charge is 0.356 e. The Morgan fingerprint density at radius 3 is 2.31 bits per heavy atom. The van der Waals surface area contributed by atoms with Gasteiger partial charge in [0.1, 0.15) is 5.82 Å². The maximum atomic E-state index is 13.2. The molecule has 0 aliphatic rings. The summed E-state index contributed by atoms with van der Waals surface area (Å²) in [7, 11) is 1.63. The van der Waals surface area contributed by atoms with E-state index in [4.69, 9.17) is 11.6 Å². The summed E-state index contributed by atoms with van der Waals surface area (Å²) in [6.45, 7) is 10.4. The Kier molecular flexibility index (Phi) is 9.87. The van der Waals surface area contributed by atoms with Crippen molar-refractivity contribution >= 4 is 47.4 Å². The second-order valence-corrected chi connectivity index (χ2v) is 7.99. The number of nitrogens with zero attached hydrogens (tertiary/aromatic N) is 1. The van der Waals surface area contributed by atoms with E-state index in [0.717, 1.165) is 5.56 Å². The summed E-state index contributed by atoms with van der Waals surface area (Å²) in [5, 5.41) is 9.41. The van der Waals surface area contributed by atoms with Gasteiger partial charge < -0.3 is 16.0 Å². The average molecular weight is 499 g/mol. The third-order valence-corrected chi connectivity index (χ3v) is 3.83. The minimum atomic E-state index is -0.361. The Balaban J connectivity index is 0.00000625. The number of carbonyl (C=O) groups excluding carboxylic acids is 1. The number of aliphatic imine (C=N–C) groups is 1. The van der Waals surface area contributed by atoms with Gasteiger partial charge >= 0.3 is 0 Å². The molecule has 1 amide bonds. The van der Waals surface area contributed by atoms with Crippen LogP contribution in [0, 0.1) is 5.82 Å². The number of halogens is 3. The first-order valence-corrected chi connectivity index (χ1v) is 8.53. The first-order chi connectivity index (χ1) is 11.4. The summed E-state index contributed by atoms with van der Waals surface area (Å²) in [5.74, 6) is 0.0338. The third-order valence-electron chi connectivity index (χ3n) is 3.51. The number of rotatable bonds is 5. The molecule has 1 aromatic carbocycles. The van der Waals surface area contributed by atoms with Gasteiger partial charge in [-0.25, -0.2) is 4.39 Å². The summed E-state index contributed by atoms with van der Waals surface area (Å²) in [5.41, 5.74) is 0.205. The molecule has 0 atom stereocenters. The van der Waals surface area contributed by atoms with Crippen LogP contribution < -0.4 is 16.0 Å². The Morgan fingerprint density at radius 1 is 1.19 bits per heavy atom. The van der Waals surface area contributed by atoms with E-state index in [-0.39, 0.29) is 53.2 Å². The zero-order valence-electron chi connectivity index (χ0n) is 16.2. The average Bonchev–Trinajstić information content (AvgIpc) is 2.45. The van der Waals surface area contributed by atoms with Crippen LogP contribution in [0.4, 0.5) is 4.39 Å². The van der Waals surface area contributed by atoms with Crippen molar-refractivity contribution in [2.45, 2.75) is 45.6 Å². The fraction of sp³-hybridized carbons (Fsp3) is 0.556. The normalized spacial score (nSPS) is 12.2. The molecule has 0 saturated heterocycles. The second-order valence-electron chi connectivity index (χ2n) is 7.59. The van der Waals surface area contributed by atoms with Gasteiger partial charge in [0.25, 0.3) is 0 Å². The number of amides is 1. The van der Waals surface area contributed by atoms with E-state index < -0.39 is 0 Å². The number of benzene rings is 1. The summed E-state index contributed by atoms with van der Waals surface area (Å²) in [6, 6.07) is 4.39. The van der Waals surface area contributed by atoms with Gasteiger partial charge in [-0.2, -0.15) is 0 Å². The zero-order valence-corrected chi connectivity index (χ0v) is 19.3. The van der Waals surface area contributed by atoms with Crippen molar-refractivity contribution in [1.29, 1.82) is 0 Å². The van der Waals surface area contributed by atoms with Gasteiger partial charge in [-0.3, -0.25) is 9.79 Å². The van der Waals surface area contributed by atoms with E-state index in [1.54, 1.807) is 13.1 Å². The lowest BCUT2D eigenvalue weighted by atomic mass is 9.84. The highest BCUT2D eigenvalue weighted by Crippen LogP contribution is 2.29. The predicted molar refractivity (Wildman–Crippen MR) is 117 cm³/mol. The molecule has 5 nitrogen and oxygen atoms in total. The van der Waals surface area contributed by atoms with Crippen molar-refractivity contribution in [2.75, 3.05) is 20.1 Å². The SMILES string of the molecule is CN=C(NCC(=O)NC(C)(C)C)NCC(C)(C)c1ccc(F)cc1Cl.I. The summed E-state index contributed by atoms with van der Waals surface area (Å²) < 4.78 is 13.2. The molecule has 26 heavy (non-hydrogen) atoms. The molecule has 8 heteroatoms. The molecular weight excluding hydrogens is 470 g/mol. The lowest BCUT2D eigenvalue weighted by molar-refractivity contribution is -0.121. The van der Waals surface area contributed by atoms with Crippen LogP contribution in [0.1, 0.15) is 40.2 Å². The minimum absolute atomic E-state index is 0. The lowest BCUT2D eigenvalue weighted by Crippen LogP contribution is -2.49. The van der Waals surface area contributed by atoms with Gasteiger partial charge in [-0.05, 0) is 38.5 Å². The van der Waals surface area contributed by atoms with Crippen molar-refractivity contribution in [1.82, 2.24) is 16.0 Å². The van der Waals surface area contributed by atoms with Crippen LogP contribution in [0.3, 0.4) is 0 Å². The number of carbonyl (C=O) groups is 1. The standard InChI is InChI=1S/C18H28ClFN4O.HI/c1-17(2,3)24-15(25)10-22-16(21-6)23-11-18(4,5)13-8-7-12(20)9-14(13)19;/h7-9H,10-11H2,1-6H3,(H,24,25)(H2,21,22,23);1H. The Bertz CT molecular complexity index is 645. The van der Waals surface area contributed by atoms with E-state index >= 15 is 0 Å². The van der Waals surface area contributed by atoms with Crippen LogP contribution in [-0.4, -0.2) is 37.5 Å².